The highest BCUT2D eigenvalue weighted by Gasteiger charge is 2.41. The van der Waals surface area contributed by atoms with Gasteiger partial charge in [0.25, 0.3) is 5.91 Å². The van der Waals surface area contributed by atoms with Crippen LogP contribution in [0.15, 0.2) is 17.0 Å². The molecule has 2 aliphatic heterocycles. The topological polar surface area (TPSA) is 86.3 Å². The Kier molecular flexibility index (Phi) is 4.52. The van der Waals surface area contributed by atoms with Crippen LogP contribution in [0.1, 0.15) is 47.9 Å². The van der Waals surface area contributed by atoms with Crippen LogP contribution in [0.3, 0.4) is 0 Å². The smallest absolute Gasteiger partial charge is 0.272 e. The van der Waals surface area contributed by atoms with Crippen molar-refractivity contribution in [3.63, 3.8) is 0 Å². The Labute approximate surface area is 152 Å². The average Bonchev–Trinajstić information content (AvgIpc) is 3.23. The minimum atomic E-state index is -0.120. The van der Waals surface area contributed by atoms with Crippen LogP contribution in [-0.4, -0.2) is 55.8 Å². The van der Waals surface area contributed by atoms with E-state index in [9.17, 15) is 4.79 Å². The van der Waals surface area contributed by atoms with E-state index in [-0.39, 0.29) is 11.5 Å². The van der Waals surface area contributed by atoms with Crippen molar-refractivity contribution in [1.29, 1.82) is 0 Å². The van der Waals surface area contributed by atoms with Crippen LogP contribution in [0.5, 0.6) is 0 Å². The number of hydrogen-bond donors (Lipinski definition) is 0. The number of carbonyl (C=O) groups excluding carboxylic acids is 1. The molecule has 2 aliphatic rings. The van der Waals surface area contributed by atoms with E-state index in [0.717, 1.165) is 57.6 Å². The molecule has 0 radical (unpaired) electrons. The Balaban J connectivity index is 1.36. The Hall–Kier alpha value is -2.22. The number of nitrogens with zero attached hydrogens (tertiary/aromatic N) is 5. The van der Waals surface area contributed by atoms with Crippen LogP contribution >= 0.6 is 0 Å². The highest BCUT2D eigenvalue weighted by atomic mass is 16.5. The molecule has 2 saturated heterocycles. The highest BCUT2D eigenvalue weighted by Crippen LogP contribution is 2.38. The van der Waals surface area contributed by atoms with E-state index in [1.165, 1.54) is 0 Å². The van der Waals surface area contributed by atoms with Crippen LogP contribution < -0.4 is 0 Å². The number of carbonyl (C=O) groups is 1. The van der Waals surface area contributed by atoms with Crippen LogP contribution in [0.25, 0.3) is 0 Å². The number of rotatable bonds is 3. The summed E-state index contributed by atoms with van der Waals surface area (Å²) in [4.78, 5) is 22.9. The Morgan fingerprint density at radius 1 is 1.38 bits per heavy atom. The lowest BCUT2D eigenvalue weighted by molar-refractivity contribution is -0.123. The van der Waals surface area contributed by atoms with Crippen LogP contribution in [-0.2, 0) is 18.2 Å². The molecule has 0 N–H and O–H groups in total. The molecule has 0 saturated carbocycles. The molecule has 8 nitrogen and oxygen atoms in total. The summed E-state index contributed by atoms with van der Waals surface area (Å²) in [6.07, 6.45) is 7.89. The molecule has 4 heterocycles. The Bertz CT molecular complexity index is 775. The summed E-state index contributed by atoms with van der Waals surface area (Å²) in [5.41, 5.74) is 0.515. The Morgan fingerprint density at radius 3 is 2.85 bits per heavy atom. The summed E-state index contributed by atoms with van der Waals surface area (Å²) in [5, 5.41) is 4.03. The standard InChI is InChI=1S/C18H25N5O3/c1-13-20-16(21-26-13)9-14-3-8-25-18(10-14)4-6-23(7-5-18)17(24)15-11-19-12-22(15)2/h11-12,14H,3-10H2,1-2H3. The van der Waals surface area contributed by atoms with E-state index in [1.807, 2.05) is 18.9 Å². The largest absolute Gasteiger partial charge is 0.375 e. The maximum absolute atomic E-state index is 12.7. The van der Waals surface area contributed by atoms with Gasteiger partial charge in [0, 0.05) is 40.1 Å². The second-order valence-corrected chi connectivity index (χ2v) is 7.51. The van der Waals surface area contributed by atoms with Gasteiger partial charge in [0.05, 0.1) is 18.1 Å². The van der Waals surface area contributed by atoms with Crippen molar-refractivity contribution in [2.45, 2.75) is 44.6 Å². The summed E-state index contributed by atoms with van der Waals surface area (Å²) in [6, 6.07) is 0. The molecule has 26 heavy (non-hydrogen) atoms. The average molecular weight is 359 g/mol. The van der Waals surface area contributed by atoms with Crippen molar-refractivity contribution in [2.24, 2.45) is 13.0 Å². The van der Waals surface area contributed by atoms with Crippen LogP contribution in [0.4, 0.5) is 0 Å². The lowest BCUT2D eigenvalue weighted by Crippen LogP contribution is -2.51. The highest BCUT2D eigenvalue weighted by molar-refractivity contribution is 5.92. The third-order valence-electron chi connectivity index (χ3n) is 5.63. The molecular weight excluding hydrogens is 334 g/mol. The first kappa shape index (κ1) is 17.2. The van der Waals surface area contributed by atoms with Gasteiger partial charge < -0.3 is 18.7 Å². The molecule has 4 rings (SSSR count). The van der Waals surface area contributed by atoms with Crippen molar-refractivity contribution in [1.82, 2.24) is 24.6 Å². The summed E-state index contributed by atoms with van der Waals surface area (Å²) in [6.45, 7) is 4.02. The molecule has 8 heteroatoms. The van der Waals surface area contributed by atoms with E-state index in [4.69, 9.17) is 9.26 Å². The zero-order chi connectivity index (χ0) is 18.1. The minimum absolute atomic E-state index is 0.0504. The van der Waals surface area contributed by atoms with Gasteiger partial charge in [-0.25, -0.2) is 4.98 Å². The maximum Gasteiger partial charge on any atom is 0.272 e. The lowest BCUT2D eigenvalue weighted by atomic mass is 9.78. The fourth-order valence-electron chi connectivity index (χ4n) is 4.18. The normalized spacial score (nSPS) is 22.7. The number of ether oxygens (including phenoxy) is 1. The molecule has 1 unspecified atom stereocenters. The summed E-state index contributed by atoms with van der Waals surface area (Å²) >= 11 is 0. The van der Waals surface area contributed by atoms with Crippen molar-refractivity contribution >= 4 is 5.91 Å². The second kappa shape index (κ2) is 6.83. The van der Waals surface area contributed by atoms with Gasteiger partial charge >= 0.3 is 0 Å². The molecule has 0 bridgehead atoms. The van der Waals surface area contributed by atoms with Crippen LogP contribution in [0, 0.1) is 12.8 Å². The van der Waals surface area contributed by atoms with Crippen LogP contribution in [0.2, 0.25) is 0 Å². The predicted molar refractivity (Wildman–Crippen MR) is 92.5 cm³/mol. The van der Waals surface area contributed by atoms with Crippen molar-refractivity contribution in [3.05, 3.63) is 29.9 Å². The predicted octanol–water partition coefficient (Wildman–Crippen LogP) is 1.76. The van der Waals surface area contributed by atoms with Gasteiger partial charge in [0.1, 0.15) is 5.69 Å². The van der Waals surface area contributed by atoms with Gasteiger partial charge in [-0.3, -0.25) is 4.79 Å². The van der Waals surface area contributed by atoms with Gasteiger partial charge in [0.15, 0.2) is 5.82 Å². The van der Waals surface area contributed by atoms with Gasteiger partial charge in [-0.1, -0.05) is 5.16 Å². The second-order valence-electron chi connectivity index (χ2n) is 7.51. The number of amides is 1. The number of likely N-dealkylation sites (tertiary alicyclic amines) is 1. The van der Waals surface area contributed by atoms with Gasteiger partial charge in [-0.2, -0.15) is 4.98 Å². The molecule has 2 aromatic heterocycles. The van der Waals surface area contributed by atoms with Gasteiger partial charge in [-0.05, 0) is 31.6 Å². The monoisotopic (exact) mass is 359 g/mol. The zero-order valence-corrected chi connectivity index (χ0v) is 15.3. The van der Waals surface area contributed by atoms with Gasteiger partial charge in [-0.15, -0.1) is 0 Å². The molecular formula is C18H25N5O3. The van der Waals surface area contributed by atoms with E-state index in [2.05, 4.69) is 15.1 Å². The molecule has 2 aromatic rings. The Morgan fingerprint density at radius 2 is 2.19 bits per heavy atom. The van der Waals surface area contributed by atoms with Crippen molar-refractivity contribution < 1.29 is 14.1 Å². The fraction of sp³-hybridized carbons (Fsp3) is 0.667. The molecule has 0 aromatic carbocycles. The number of aromatic nitrogens is 4. The summed E-state index contributed by atoms with van der Waals surface area (Å²) in [5.74, 6) is 1.95. The zero-order valence-electron chi connectivity index (χ0n) is 15.3. The number of piperidine rings is 1. The molecule has 1 atom stereocenters. The molecule has 0 aliphatic carbocycles. The number of aryl methyl sites for hydroxylation is 2. The number of hydrogen-bond acceptors (Lipinski definition) is 6. The molecule has 1 spiro atoms. The maximum atomic E-state index is 12.7. The first-order valence-electron chi connectivity index (χ1n) is 9.23. The van der Waals surface area contributed by atoms with E-state index in [0.29, 0.717) is 17.5 Å². The van der Waals surface area contributed by atoms with Gasteiger partial charge in [0.2, 0.25) is 5.89 Å². The lowest BCUT2D eigenvalue weighted by Gasteiger charge is -2.46. The number of imidazole rings is 1. The van der Waals surface area contributed by atoms with E-state index < -0.39 is 0 Å². The fourth-order valence-corrected chi connectivity index (χ4v) is 4.18. The van der Waals surface area contributed by atoms with Crippen molar-refractivity contribution in [3.8, 4) is 0 Å². The summed E-state index contributed by atoms with van der Waals surface area (Å²) in [7, 11) is 1.85. The SMILES string of the molecule is Cc1nc(CC2CCOC3(CCN(C(=O)c4cncn4C)CC3)C2)no1. The van der Waals surface area contributed by atoms with E-state index in [1.54, 1.807) is 17.1 Å². The summed E-state index contributed by atoms with van der Waals surface area (Å²) < 4.78 is 13.1. The van der Waals surface area contributed by atoms with Crippen molar-refractivity contribution in [2.75, 3.05) is 19.7 Å². The molecule has 140 valence electrons. The molecule has 1 amide bonds. The first-order valence-corrected chi connectivity index (χ1v) is 9.23. The van der Waals surface area contributed by atoms with E-state index >= 15 is 0 Å². The third kappa shape index (κ3) is 3.38. The quantitative estimate of drug-likeness (QED) is 0.830. The minimum Gasteiger partial charge on any atom is -0.375 e. The third-order valence-corrected chi connectivity index (χ3v) is 5.63. The molecule has 2 fully saturated rings. The first-order chi connectivity index (χ1) is 12.5.